The second-order valence-electron chi connectivity index (χ2n) is 4.71. The van der Waals surface area contributed by atoms with Crippen molar-refractivity contribution in [3.8, 4) is 0 Å². The van der Waals surface area contributed by atoms with E-state index in [1.165, 1.54) is 0 Å². The number of amides is 1. The maximum Gasteiger partial charge on any atom is 0.226 e. The van der Waals surface area contributed by atoms with E-state index in [1.807, 2.05) is 25.3 Å². The van der Waals surface area contributed by atoms with E-state index in [0.717, 1.165) is 16.9 Å². The molecule has 0 bridgehead atoms. The van der Waals surface area contributed by atoms with E-state index in [1.54, 1.807) is 32.0 Å². The third-order valence-corrected chi connectivity index (χ3v) is 3.60. The van der Waals surface area contributed by atoms with Gasteiger partial charge in [-0.25, -0.2) is 0 Å². The predicted molar refractivity (Wildman–Crippen MR) is 81.9 cm³/mol. The maximum atomic E-state index is 12.1. The lowest BCUT2D eigenvalue weighted by molar-refractivity contribution is -0.117. The van der Waals surface area contributed by atoms with Crippen molar-refractivity contribution in [1.82, 2.24) is 16.0 Å². The molecular formula is C14H21N5O. The molecule has 0 saturated carbocycles. The molecule has 0 fully saturated rings. The van der Waals surface area contributed by atoms with Gasteiger partial charge in [-0.1, -0.05) is 0 Å². The molecule has 5 N–H and O–H groups in total. The highest BCUT2D eigenvalue weighted by atomic mass is 16.2. The zero-order valence-corrected chi connectivity index (χ0v) is 12.2. The van der Waals surface area contributed by atoms with Gasteiger partial charge in [0.15, 0.2) is 5.79 Å². The van der Waals surface area contributed by atoms with Crippen LogP contribution in [0.5, 0.6) is 0 Å². The van der Waals surface area contributed by atoms with Crippen LogP contribution in [0.3, 0.4) is 0 Å². The number of nitrogens with zero attached hydrogens (tertiary/aromatic N) is 1. The lowest BCUT2D eigenvalue weighted by Gasteiger charge is -2.45. The van der Waals surface area contributed by atoms with Gasteiger partial charge in [0, 0.05) is 30.9 Å². The Hall–Kier alpha value is -2.05. The second kappa shape index (κ2) is 5.15. The summed E-state index contributed by atoms with van der Waals surface area (Å²) >= 11 is 0. The monoisotopic (exact) mass is 275 g/mol. The number of likely N-dealkylation sites (N-methyl/N-ethyl adjacent to an activating group) is 2. The SMILES string of the molecule is CNC1=CC(NC)(NC)N(C(C)=O)c2ccc(N)cc21. The number of nitrogen functional groups attached to an aromatic ring is 1. The lowest BCUT2D eigenvalue weighted by atomic mass is 9.98. The summed E-state index contributed by atoms with van der Waals surface area (Å²) in [6.07, 6.45) is 1.94. The van der Waals surface area contributed by atoms with E-state index in [4.69, 9.17) is 5.73 Å². The van der Waals surface area contributed by atoms with E-state index in [0.29, 0.717) is 5.69 Å². The summed E-state index contributed by atoms with van der Waals surface area (Å²) in [4.78, 5) is 13.8. The van der Waals surface area contributed by atoms with Crippen molar-refractivity contribution in [2.45, 2.75) is 12.7 Å². The Morgan fingerprint density at radius 3 is 2.40 bits per heavy atom. The van der Waals surface area contributed by atoms with E-state index < -0.39 is 5.79 Å². The predicted octanol–water partition coefficient (Wildman–Crippen LogP) is 0.288. The summed E-state index contributed by atoms with van der Waals surface area (Å²) in [7, 11) is 5.45. The molecule has 20 heavy (non-hydrogen) atoms. The first-order valence-electron chi connectivity index (χ1n) is 6.48. The number of anilines is 2. The topological polar surface area (TPSA) is 82.4 Å². The van der Waals surface area contributed by atoms with Gasteiger partial charge >= 0.3 is 0 Å². The minimum atomic E-state index is -0.771. The van der Waals surface area contributed by atoms with E-state index >= 15 is 0 Å². The van der Waals surface area contributed by atoms with Gasteiger partial charge in [-0.15, -0.1) is 0 Å². The molecule has 1 aliphatic heterocycles. The quantitative estimate of drug-likeness (QED) is 0.471. The molecule has 0 aromatic heterocycles. The number of hydrogen-bond acceptors (Lipinski definition) is 5. The molecule has 6 nitrogen and oxygen atoms in total. The Morgan fingerprint density at radius 1 is 1.25 bits per heavy atom. The van der Waals surface area contributed by atoms with Crippen LogP contribution in [-0.4, -0.2) is 32.8 Å². The Labute approximate surface area is 119 Å². The zero-order chi connectivity index (χ0) is 14.9. The molecule has 0 atom stereocenters. The van der Waals surface area contributed by atoms with E-state index in [2.05, 4.69) is 16.0 Å². The molecule has 1 heterocycles. The largest absolute Gasteiger partial charge is 0.399 e. The normalized spacial score (nSPS) is 16.4. The molecule has 0 saturated heterocycles. The summed E-state index contributed by atoms with van der Waals surface area (Å²) in [6.45, 7) is 1.54. The minimum absolute atomic E-state index is 0.0638. The summed E-state index contributed by atoms with van der Waals surface area (Å²) in [5, 5.41) is 9.49. The fourth-order valence-electron chi connectivity index (χ4n) is 2.62. The van der Waals surface area contributed by atoms with E-state index in [9.17, 15) is 4.79 Å². The van der Waals surface area contributed by atoms with Crippen LogP contribution in [0, 0.1) is 0 Å². The Balaban J connectivity index is 2.73. The zero-order valence-electron chi connectivity index (χ0n) is 12.2. The van der Waals surface area contributed by atoms with Crippen LogP contribution in [0.4, 0.5) is 11.4 Å². The van der Waals surface area contributed by atoms with Crippen molar-refractivity contribution < 1.29 is 4.79 Å². The number of fused-ring (bicyclic) bond motifs is 1. The molecule has 0 aliphatic carbocycles. The number of rotatable bonds is 3. The Kier molecular flexibility index (Phi) is 3.69. The molecular weight excluding hydrogens is 254 g/mol. The van der Waals surface area contributed by atoms with Crippen molar-refractivity contribution in [2.75, 3.05) is 31.8 Å². The van der Waals surface area contributed by atoms with Crippen molar-refractivity contribution in [1.29, 1.82) is 0 Å². The standard InChI is InChI=1S/C14H21N5O/c1-9(20)19-13-6-5-10(15)7-11(13)12(16-2)8-14(19,17-3)18-4/h5-8,16-18H,15H2,1-4H3. The van der Waals surface area contributed by atoms with Crippen LogP contribution in [0.25, 0.3) is 5.70 Å². The van der Waals surface area contributed by atoms with Gasteiger partial charge < -0.3 is 11.1 Å². The van der Waals surface area contributed by atoms with Crippen LogP contribution in [0.1, 0.15) is 12.5 Å². The highest BCUT2D eigenvalue weighted by Gasteiger charge is 2.40. The molecule has 108 valence electrons. The third-order valence-electron chi connectivity index (χ3n) is 3.60. The number of carbonyl (C=O) groups excluding carboxylic acids is 1. The van der Waals surface area contributed by atoms with Crippen molar-refractivity contribution >= 4 is 23.0 Å². The van der Waals surface area contributed by atoms with Gasteiger partial charge in [-0.2, -0.15) is 0 Å². The summed E-state index contributed by atoms with van der Waals surface area (Å²) in [5.74, 6) is -0.834. The summed E-state index contributed by atoms with van der Waals surface area (Å²) in [6, 6.07) is 5.52. The number of benzene rings is 1. The number of hydrogen-bond donors (Lipinski definition) is 4. The molecule has 1 aliphatic rings. The molecule has 1 aromatic carbocycles. The average Bonchev–Trinajstić information content (AvgIpc) is 2.45. The van der Waals surface area contributed by atoms with Gasteiger partial charge in [0.2, 0.25) is 5.91 Å². The van der Waals surface area contributed by atoms with Crippen molar-refractivity contribution in [3.05, 3.63) is 29.8 Å². The van der Waals surface area contributed by atoms with Crippen molar-refractivity contribution in [3.63, 3.8) is 0 Å². The van der Waals surface area contributed by atoms with Crippen LogP contribution in [0.15, 0.2) is 24.3 Å². The highest BCUT2D eigenvalue weighted by Crippen LogP contribution is 2.36. The molecule has 1 aromatic rings. The van der Waals surface area contributed by atoms with Crippen LogP contribution >= 0.6 is 0 Å². The first-order valence-corrected chi connectivity index (χ1v) is 6.48. The fourth-order valence-corrected chi connectivity index (χ4v) is 2.62. The van der Waals surface area contributed by atoms with E-state index in [-0.39, 0.29) is 5.91 Å². The molecule has 0 spiro atoms. The molecule has 6 heteroatoms. The Bertz CT molecular complexity index is 563. The highest BCUT2D eigenvalue weighted by molar-refractivity contribution is 5.99. The molecule has 0 unspecified atom stereocenters. The first kappa shape index (κ1) is 14.4. The van der Waals surface area contributed by atoms with Gasteiger partial charge in [-0.05, 0) is 38.4 Å². The fraction of sp³-hybridized carbons (Fsp3) is 0.357. The van der Waals surface area contributed by atoms with Gasteiger partial charge in [0.25, 0.3) is 0 Å². The summed E-state index contributed by atoms with van der Waals surface area (Å²) in [5.41, 5.74) is 9.15. The third kappa shape index (κ3) is 2.03. The number of nitrogens with two attached hydrogens (primary N) is 1. The number of carbonyl (C=O) groups is 1. The summed E-state index contributed by atoms with van der Waals surface area (Å²) < 4.78 is 0. The molecule has 0 radical (unpaired) electrons. The molecule has 1 amide bonds. The minimum Gasteiger partial charge on any atom is -0.399 e. The van der Waals surface area contributed by atoms with Gasteiger partial charge in [0.05, 0.1) is 5.69 Å². The number of nitrogens with one attached hydrogen (secondary N) is 3. The second-order valence-corrected chi connectivity index (χ2v) is 4.71. The van der Waals surface area contributed by atoms with Crippen LogP contribution in [0.2, 0.25) is 0 Å². The smallest absolute Gasteiger partial charge is 0.226 e. The Morgan fingerprint density at radius 2 is 1.90 bits per heavy atom. The van der Waals surface area contributed by atoms with Crippen molar-refractivity contribution in [2.24, 2.45) is 0 Å². The lowest BCUT2D eigenvalue weighted by Crippen LogP contribution is -2.67. The molecule has 2 rings (SSSR count). The average molecular weight is 275 g/mol. The van der Waals surface area contributed by atoms with Gasteiger partial charge in [0.1, 0.15) is 0 Å². The van der Waals surface area contributed by atoms with Crippen LogP contribution < -0.4 is 26.6 Å². The van der Waals surface area contributed by atoms with Crippen LogP contribution in [-0.2, 0) is 4.79 Å². The van der Waals surface area contributed by atoms with Gasteiger partial charge in [-0.3, -0.25) is 20.3 Å². The first-order chi connectivity index (χ1) is 9.49. The maximum absolute atomic E-state index is 12.1.